The van der Waals surface area contributed by atoms with E-state index in [1.807, 2.05) is 61.5 Å². The van der Waals surface area contributed by atoms with Gasteiger partial charge >= 0.3 is 5.97 Å². The molecule has 1 N–H and O–H groups in total. The monoisotopic (exact) mass is 486 g/mol. The first-order valence-electron chi connectivity index (χ1n) is 12.1. The first-order valence-corrected chi connectivity index (χ1v) is 12.1. The van der Waals surface area contributed by atoms with Crippen molar-refractivity contribution >= 4 is 28.6 Å². The number of aromatic nitrogens is 3. The van der Waals surface area contributed by atoms with Crippen LogP contribution in [0.5, 0.6) is 5.75 Å². The molecule has 0 unspecified atom stereocenters. The summed E-state index contributed by atoms with van der Waals surface area (Å²) in [5.41, 5.74) is 3.21. The lowest BCUT2D eigenvalue weighted by Crippen LogP contribution is -2.19. The maximum atomic E-state index is 12.8. The Balaban J connectivity index is 1.50. The van der Waals surface area contributed by atoms with Crippen LogP contribution in [0, 0.1) is 6.92 Å². The molecular formula is C28H30N4O4. The Labute approximate surface area is 210 Å². The molecular weight excluding hydrogens is 456 g/mol. The fourth-order valence-corrected chi connectivity index (χ4v) is 3.88. The van der Waals surface area contributed by atoms with Crippen molar-refractivity contribution < 1.29 is 19.1 Å². The van der Waals surface area contributed by atoms with E-state index in [-0.39, 0.29) is 30.3 Å². The van der Waals surface area contributed by atoms with Crippen LogP contribution in [-0.2, 0) is 16.0 Å². The number of amides is 1. The molecule has 0 atom stereocenters. The van der Waals surface area contributed by atoms with E-state index in [1.54, 1.807) is 6.92 Å². The highest BCUT2D eigenvalue weighted by atomic mass is 16.5. The van der Waals surface area contributed by atoms with E-state index in [2.05, 4.69) is 17.3 Å². The average Bonchev–Trinajstić information content (AvgIpc) is 3.30. The second-order valence-corrected chi connectivity index (χ2v) is 8.35. The lowest BCUT2D eigenvalue weighted by molar-refractivity contribution is -0.116. The number of nitrogens with one attached hydrogen (secondary N) is 1. The Morgan fingerprint density at radius 3 is 2.58 bits per heavy atom. The predicted molar refractivity (Wildman–Crippen MR) is 139 cm³/mol. The predicted octanol–water partition coefficient (Wildman–Crippen LogP) is 5.27. The van der Waals surface area contributed by atoms with E-state index in [4.69, 9.17) is 14.5 Å². The molecule has 36 heavy (non-hydrogen) atoms. The Morgan fingerprint density at radius 2 is 1.83 bits per heavy atom. The number of pyridine rings is 1. The number of carbonyl (C=O) groups is 2. The Kier molecular flexibility index (Phi) is 7.95. The number of esters is 1. The number of ether oxygens (including phenoxy) is 2. The maximum Gasteiger partial charge on any atom is 0.343 e. The number of aryl methyl sites for hydroxylation is 2. The molecule has 2 heterocycles. The number of fused-ring (bicyclic) bond motifs is 1. The zero-order chi connectivity index (χ0) is 25.5. The quantitative estimate of drug-likeness (QED) is 0.242. The second-order valence-electron chi connectivity index (χ2n) is 8.35. The molecule has 4 rings (SSSR count). The van der Waals surface area contributed by atoms with Gasteiger partial charge in [-0.3, -0.25) is 4.79 Å². The summed E-state index contributed by atoms with van der Waals surface area (Å²) < 4.78 is 12.4. The lowest BCUT2D eigenvalue weighted by atomic mass is 10.1. The van der Waals surface area contributed by atoms with E-state index in [1.165, 1.54) is 16.4 Å². The third-order valence-corrected chi connectivity index (χ3v) is 5.80. The molecule has 0 radical (unpaired) electrons. The number of nitrogens with zero attached hydrogens (tertiary/aromatic N) is 3. The summed E-state index contributed by atoms with van der Waals surface area (Å²) in [5.74, 6) is 0.681. The van der Waals surface area contributed by atoms with Crippen LogP contribution in [0.4, 0.5) is 5.82 Å². The highest BCUT2D eigenvalue weighted by Gasteiger charge is 2.22. The van der Waals surface area contributed by atoms with Gasteiger partial charge in [-0.05, 0) is 62.1 Å². The standard InChI is InChI=1S/C28H30N4O4/c1-4-20-12-14-21(15-13-20)36-16-8-11-26(33)31-27-23(28(34)35-5-2)18-29-32(27)25-17-19(3)22-9-6-7-10-24(22)30-25/h6-7,9-10,12-15,17-18H,4-5,8,11,16H2,1-3H3,(H,31,33). The van der Waals surface area contributed by atoms with Crippen LogP contribution >= 0.6 is 0 Å². The van der Waals surface area contributed by atoms with Gasteiger partial charge in [0.2, 0.25) is 5.91 Å². The molecule has 1 amide bonds. The van der Waals surface area contributed by atoms with Crippen molar-refractivity contribution in [1.82, 2.24) is 14.8 Å². The topological polar surface area (TPSA) is 95.3 Å². The highest BCUT2D eigenvalue weighted by molar-refractivity contribution is 6.00. The van der Waals surface area contributed by atoms with Crippen molar-refractivity contribution in [3.05, 3.63) is 77.5 Å². The number of hydrogen-bond acceptors (Lipinski definition) is 6. The average molecular weight is 487 g/mol. The number of benzene rings is 2. The summed E-state index contributed by atoms with van der Waals surface area (Å²) >= 11 is 0. The van der Waals surface area contributed by atoms with Crippen LogP contribution in [-0.4, -0.2) is 39.9 Å². The van der Waals surface area contributed by atoms with Gasteiger partial charge in [0.15, 0.2) is 11.6 Å². The molecule has 186 valence electrons. The van der Waals surface area contributed by atoms with Gasteiger partial charge in [0.25, 0.3) is 0 Å². The molecule has 8 nitrogen and oxygen atoms in total. The van der Waals surface area contributed by atoms with Gasteiger partial charge in [0.05, 0.1) is 24.9 Å². The van der Waals surface area contributed by atoms with Crippen molar-refractivity contribution in [2.24, 2.45) is 0 Å². The number of anilines is 1. The van der Waals surface area contributed by atoms with E-state index < -0.39 is 5.97 Å². The van der Waals surface area contributed by atoms with Crippen LogP contribution in [0.2, 0.25) is 0 Å². The van der Waals surface area contributed by atoms with Crippen molar-refractivity contribution in [2.75, 3.05) is 18.5 Å². The molecule has 2 aromatic carbocycles. The summed E-state index contributed by atoms with van der Waals surface area (Å²) in [6.07, 6.45) is 3.09. The number of para-hydroxylation sites is 1. The smallest absolute Gasteiger partial charge is 0.343 e. The van der Waals surface area contributed by atoms with Crippen molar-refractivity contribution in [3.8, 4) is 11.6 Å². The zero-order valence-corrected chi connectivity index (χ0v) is 20.8. The van der Waals surface area contributed by atoms with Gasteiger partial charge in [0.1, 0.15) is 11.3 Å². The minimum absolute atomic E-state index is 0.171. The fourth-order valence-electron chi connectivity index (χ4n) is 3.88. The first-order chi connectivity index (χ1) is 17.5. The van der Waals surface area contributed by atoms with Gasteiger partial charge in [-0.1, -0.05) is 37.3 Å². The van der Waals surface area contributed by atoms with Gasteiger partial charge in [-0.2, -0.15) is 9.78 Å². The van der Waals surface area contributed by atoms with E-state index in [0.717, 1.165) is 28.6 Å². The summed E-state index contributed by atoms with van der Waals surface area (Å²) in [4.78, 5) is 30.1. The minimum Gasteiger partial charge on any atom is -0.494 e. The highest BCUT2D eigenvalue weighted by Crippen LogP contribution is 2.25. The number of carbonyl (C=O) groups excluding carboxylic acids is 2. The van der Waals surface area contributed by atoms with Crippen molar-refractivity contribution in [1.29, 1.82) is 0 Å². The molecule has 0 aliphatic heterocycles. The van der Waals surface area contributed by atoms with Crippen LogP contribution in [0.1, 0.15) is 48.2 Å². The van der Waals surface area contributed by atoms with E-state index >= 15 is 0 Å². The summed E-state index contributed by atoms with van der Waals surface area (Å²) in [5, 5.41) is 8.22. The van der Waals surface area contributed by atoms with Crippen molar-refractivity contribution in [3.63, 3.8) is 0 Å². The summed E-state index contributed by atoms with van der Waals surface area (Å²) in [6.45, 7) is 6.42. The van der Waals surface area contributed by atoms with E-state index in [9.17, 15) is 9.59 Å². The summed E-state index contributed by atoms with van der Waals surface area (Å²) in [6, 6.07) is 17.6. The number of rotatable bonds is 10. The molecule has 0 saturated carbocycles. The molecule has 2 aromatic heterocycles. The Morgan fingerprint density at radius 1 is 1.06 bits per heavy atom. The maximum absolute atomic E-state index is 12.8. The normalized spacial score (nSPS) is 10.9. The third-order valence-electron chi connectivity index (χ3n) is 5.80. The van der Waals surface area contributed by atoms with Crippen LogP contribution in [0.3, 0.4) is 0 Å². The van der Waals surface area contributed by atoms with E-state index in [0.29, 0.717) is 18.8 Å². The SMILES string of the molecule is CCOC(=O)c1cnn(-c2cc(C)c3ccccc3n2)c1NC(=O)CCCOc1ccc(CC)cc1. The molecule has 0 aliphatic carbocycles. The summed E-state index contributed by atoms with van der Waals surface area (Å²) in [7, 11) is 0. The van der Waals surface area contributed by atoms with Gasteiger partial charge < -0.3 is 14.8 Å². The number of hydrogen-bond donors (Lipinski definition) is 1. The largest absolute Gasteiger partial charge is 0.494 e. The van der Waals surface area contributed by atoms with Gasteiger partial charge in [-0.15, -0.1) is 0 Å². The van der Waals surface area contributed by atoms with Crippen LogP contribution in [0.15, 0.2) is 60.8 Å². The molecule has 0 bridgehead atoms. The second kappa shape index (κ2) is 11.5. The third kappa shape index (κ3) is 5.71. The molecule has 0 fully saturated rings. The Hall–Kier alpha value is -4.20. The van der Waals surface area contributed by atoms with Gasteiger partial charge in [-0.25, -0.2) is 9.78 Å². The Bertz CT molecular complexity index is 1360. The first kappa shape index (κ1) is 24.9. The molecule has 0 spiro atoms. The zero-order valence-electron chi connectivity index (χ0n) is 20.8. The minimum atomic E-state index is -0.560. The fraction of sp³-hybridized carbons (Fsp3) is 0.286. The van der Waals surface area contributed by atoms with Gasteiger partial charge in [0, 0.05) is 11.8 Å². The molecule has 8 heteroatoms. The van der Waals surface area contributed by atoms with Crippen molar-refractivity contribution in [2.45, 2.75) is 40.0 Å². The molecule has 0 aliphatic rings. The van der Waals surface area contributed by atoms with Crippen LogP contribution < -0.4 is 10.1 Å². The van der Waals surface area contributed by atoms with Crippen LogP contribution in [0.25, 0.3) is 16.7 Å². The molecule has 4 aromatic rings. The lowest BCUT2D eigenvalue weighted by Gasteiger charge is -2.12. The molecule has 0 saturated heterocycles.